The number of halogens is 1. The van der Waals surface area contributed by atoms with Gasteiger partial charge in [0.2, 0.25) is 0 Å². The Morgan fingerprint density at radius 3 is 3.08 bits per heavy atom. The van der Waals surface area contributed by atoms with Gasteiger partial charge >= 0.3 is 0 Å². The summed E-state index contributed by atoms with van der Waals surface area (Å²) in [5.74, 6) is -0.441. The number of fused-ring (bicyclic) bond motifs is 1. The molecule has 0 spiro atoms. The highest BCUT2D eigenvalue weighted by atomic mass is 19.1. The van der Waals surface area contributed by atoms with Crippen LogP contribution in [0.2, 0.25) is 0 Å². The first-order valence-corrected chi connectivity index (χ1v) is 4.05. The summed E-state index contributed by atoms with van der Waals surface area (Å²) < 4.78 is 13.2. The van der Waals surface area contributed by atoms with E-state index >= 15 is 0 Å². The van der Waals surface area contributed by atoms with Gasteiger partial charge < -0.3 is 4.79 Å². The fourth-order valence-electron chi connectivity index (χ4n) is 1.81. The van der Waals surface area contributed by atoms with Gasteiger partial charge in [0.15, 0.2) is 0 Å². The molecule has 0 saturated carbocycles. The summed E-state index contributed by atoms with van der Waals surface area (Å²) in [6.45, 7) is 0. The molecule has 0 aliphatic heterocycles. The van der Waals surface area contributed by atoms with Crippen molar-refractivity contribution in [1.29, 1.82) is 0 Å². The van der Waals surface area contributed by atoms with Crippen molar-refractivity contribution in [2.24, 2.45) is 0 Å². The van der Waals surface area contributed by atoms with E-state index in [9.17, 15) is 9.18 Å². The SMILES string of the molecule is O=CC1CCc2cccc(F)c21. The summed E-state index contributed by atoms with van der Waals surface area (Å²) in [6.07, 6.45) is 2.44. The number of hydrogen-bond acceptors (Lipinski definition) is 1. The van der Waals surface area contributed by atoms with Gasteiger partial charge in [-0.05, 0) is 24.5 Å². The van der Waals surface area contributed by atoms with E-state index < -0.39 is 0 Å². The van der Waals surface area contributed by atoms with Crippen molar-refractivity contribution in [3.05, 3.63) is 35.1 Å². The lowest BCUT2D eigenvalue weighted by molar-refractivity contribution is -0.109. The first-order valence-electron chi connectivity index (χ1n) is 4.05. The topological polar surface area (TPSA) is 17.1 Å². The first kappa shape index (κ1) is 7.47. The third-order valence-corrected chi connectivity index (χ3v) is 2.40. The molecular formula is C10H9FO. The van der Waals surface area contributed by atoms with E-state index in [1.165, 1.54) is 6.07 Å². The maximum absolute atomic E-state index is 13.2. The maximum atomic E-state index is 13.2. The summed E-state index contributed by atoms with van der Waals surface area (Å²) in [4.78, 5) is 10.6. The van der Waals surface area contributed by atoms with Gasteiger partial charge in [-0.3, -0.25) is 0 Å². The molecule has 2 heteroatoms. The van der Waals surface area contributed by atoms with Crippen LogP contribution in [0.3, 0.4) is 0 Å². The van der Waals surface area contributed by atoms with Crippen LogP contribution in [0.25, 0.3) is 0 Å². The quantitative estimate of drug-likeness (QED) is 0.580. The van der Waals surface area contributed by atoms with E-state index in [2.05, 4.69) is 0 Å². The van der Waals surface area contributed by atoms with Crippen molar-refractivity contribution in [3.8, 4) is 0 Å². The molecule has 0 heterocycles. The molecule has 1 aliphatic carbocycles. The van der Waals surface area contributed by atoms with Crippen LogP contribution in [0.1, 0.15) is 23.5 Å². The summed E-state index contributed by atoms with van der Waals surface area (Å²) in [6, 6.07) is 5.00. The first-order chi connectivity index (χ1) is 5.83. The van der Waals surface area contributed by atoms with Crippen molar-refractivity contribution in [2.45, 2.75) is 18.8 Å². The second-order valence-corrected chi connectivity index (χ2v) is 3.09. The van der Waals surface area contributed by atoms with Gasteiger partial charge in [0.1, 0.15) is 12.1 Å². The molecule has 0 radical (unpaired) electrons. The highest BCUT2D eigenvalue weighted by molar-refractivity contribution is 5.65. The molecule has 2 rings (SSSR count). The van der Waals surface area contributed by atoms with Crippen molar-refractivity contribution in [2.75, 3.05) is 0 Å². The van der Waals surface area contributed by atoms with Crippen molar-refractivity contribution < 1.29 is 9.18 Å². The molecule has 0 aromatic heterocycles. The summed E-state index contributed by atoms with van der Waals surface area (Å²) in [5.41, 5.74) is 1.61. The molecule has 1 aromatic rings. The fourth-order valence-corrected chi connectivity index (χ4v) is 1.81. The monoisotopic (exact) mass is 164 g/mol. The minimum Gasteiger partial charge on any atom is -0.303 e. The summed E-state index contributed by atoms with van der Waals surface area (Å²) >= 11 is 0. The lowest BCUT2D eigenvalue weighted by Crippen LogP contribution is -1.97. The number of carbonyl (C=O) groups excluding carboxylic acids is 1. The average Bonchev–Trinajstić information content (AvgIpc) is 2.49. The Hall–Kier alpha value is -1.18. The summed E-state index contributed by atoms with van der Waals surface area (Å²) in [7, 11) is 0. The number of aryl methyl sites for hydroxylation is 1. The van der Waals surface area contributed by atoms with Gasteiger partial charge in [-0.2, -0.15) is 0 Å². The number of rotatable bonds is 1. The molecular weight excluding hydrogens is 155 g/mol. The van der Waals surface area contributed by atoms with Crippen LogP contribution in [0.4, 0.5) is 4.39 Å². The molecule has 1 atom stereocenters. The van der Waals surface area contributed by atoms with Gasteiger partial charge in [0.05, 0.1) is 0 Å². The molecule has 0 saturated heterocycles. The molecule has 0 amide bonds. The Labute approximate surface area is 70.2 Å². The lowest BCUT2D eigenvalue weighted by Gasteiger charge is -2.03. The Morgan fingerprint density at radius 2 is 2.33 bits per heavy atom. The molecule has 1 unspecified atom stereocenters. The Bertz CT molecular complexity index is 320. The van der Waals surface area contributed by atoms with E-state index in [0.29, 0.717) is 5.56 Å². The van der Waals surface area contributed by atoms with Crippen LogP contribution < -0.4 is 0 Å². The van der Waals surface area contributed by atoms with E-state index in [0.717, 1.165) is 24.7 Å². The molecule has 62 valence electrons. The zero-order valence-electron chi connectivity index (χ0n) is 6.59. The van der Waals surface area contributed by atoms with Gasteiger partial charge in [-0.25, -0.2) is 4.39 Å². The van der Waals surface area contributed by atoms with Crippen LogP contribution in [0.15, 0.2) is 18.2 Å². The van der Waals surface area contributed by atoms with Gasteiger partial charge in [0, 0.05) is 11.5 Å². The number of hydrogen-bond donors (Lipinski definition) is 0. The van der Waals surface area contributed by atoms with E-state index in [4.69, 9.17) is 0 Å². The van der Waals surface area contributed by atoms with Gasteiger partial charge in [-0.1, -0.05) is 12.1 Å². The standard InChI is InChI=1S/C10H9FO/c11-9-3-1-2-7-4-5-8(6-12)10(7)9/h1-3,6,8H,4-5H2. The molecule has 0 fully saturated rings. The predicted molar refractivity (Wildman–Crippen MR) is 43.5 cm³/mol. The van der Waals surface area contributed by atoms with Crippen LogP contribution in [0, 0.1) is 5.82 Å². The van der Waals surface area contributed by atoms with Crippen molar-refractivity contribution in [3.63, 3.8) is 0 Å². The van der Waals surface area contributed by atoms with Crippen LogP contribution in [-0.4, -0.2) is 6.29 Å². The smallest absolute Gasteiger partial charge is 0.127 e. The number of benzene rings is 1. The van der Waals surface area contributed by atoms with Gasteiger partial charge in [0.25, 0.3) is 0 Å². The second-order valence-electron chi connectivity index (χ2n) is 3.09. The van der Waals surface area contributed by atoms with Gasteiger partial charge in [-0.15, -0.1) is 0 Å². The highest BCUT2D eigenvalue weighted by Crippen LogP contribution is 2.33. The average molecular weight is 164 g/mol. The van der Waals surface area contributed by atoms with E-state index in [1.54, 1.807) is 6.07 Å². The predicted octanol–water partition coefficient (Wildman–Crippen LogP) is 2.05. The van der Waals surface area contributed by atoms with Crippen molar-refractivity contribution in [1.82, 2.24) is 0 Å². The minimum atomic E-state index is -0.234. The maximum Gasteiger partial charge on any atom is 0.127 e. The fraction of sp³-hybridized carbons (Fsp3) is 0.300. The Morgan fingerprint density at radius 1 is 1.50 bits per heavy atom. The molecule has 1 aromatic carbocycles. The van der Waals surface area contributed by atoms with Crippen LogP contribution in [0.5, 0.6) is 0 Å². The third-order valence-electron chi connectivity index (χ3n) is 2.40. The van der Waals surface area contributed by atoms with Crippen molar-refractivity contribution >= 4 is 6.29 Å². The molecule has 0 N–H and O–H groups in total. The normalized spacial score (nSPS) is 20.6. The Balaban J connectivity index is 2.55. The van der Waals surface area contributed by atoms with E-state index in [-0.39, 0.29) is 11.7 Å². The third kappa shape index (κ3) is 0.951. The molecule has 0 bridgehead atoms. The van der Waals surface area contributed by atoms with E-state index in [1.807, 2.05) is 6.07 Å². The molecule has 12 heavy (non-hydrogen) atoms. The second kappa shape index (κ2) is 2.70. The minimum absolute atomic E-state index is 0.207. The van der Waals surface area contributed by atoms with Crippen LogP contribution >= 0.6 is 0 Å². The molecule has 1 aliphatic rings. The number of carbonyl (C=O) groups is 1. The highest BCUT2D eigenvalue weighted by Gasteiger charge is 2.24. The molecule has 1 nitrogen and oxygen atoms in total. The zero-order valence-corrected chi connectivity index (χ0v) is 6.59. The Kier molecular flexibility index (Phi) is 1.68. The van der Waals surface area contributed by atoms with Crippen LogP contribution in [-0.2, 0) is 11.2 Å². The zero-order chi connectivity index (χ0) is 8.55. The summed E-state index contributed by atoms with van der Waals surface area (Å²) in [5, 5.41) is 0. The lowest BCUT2D eigenvalue weighted by atomic mass is 10.0. The largest absolute Gasteiger partial charge is 0.303 e. The number of aldehydes is 1.